The number of anilines is 3. The van der Waals surface area contributed by atoms with Crippen LogP contribution in [-0.2, 0) is 22.2 Å². The lowest BCUT2D eigenvalue weighted by molar-refractivity contribution is -0.0205. The van der Waals surface area contributed by atoms with Crippen molar-refractivity contribution < 1.29 is 18.6 Å². The van der Waals surface area contributed by atoms with Gasteiger partial charge in [-0.2, -0.15) is 0 Å². The average Bonchev–Trinajstić information content (AvgIpc) is 3.28. The van der Waals surface area contributed by atoms with Gasteiger partial charge in [-0.15, -0.1) is 4.47 Å². The molecule has 3 aromatic rings. The maximum Gasteiger partial charge on any atom is 0.253 e. The molecule has 3 N–H and O–H groups in total. The Balaban J connectivity index is 1.87. The average molecular weight is 468 g/mol. The van der Waals surface area contributed by atoms with E-state index in [4.69, 9.17) is 20.9 Å². The van der Waals surface area contributed by atoms with E-state index in [9.17, 15) is 18.9 Å². The summed E-state index contributed by atoms with van der Waals surface area (Å²) in [6, 6.07) is 6.30. The van der Waals surface area contributed by atoms with Crippen LogP contribution in [0.4, 0.5) is 17.1 Å². The number of hydroxylamine groups is 1. The lowest BCUT2D eigenvalue weighted by Crippen LogP contribution is -2.39. The third kappa shape index (κ3) is 4.67. The van der Waals surface area contributed by atoms with Gasteiger partial charge >= 0.3 is 0 Å². The number of furan rings is 1. The summed E-state index contributed by atoms with van der Waals surface area (Å²) in [5, 5.41) is 16.5. The highest BCUT2D eigenvalue weighted by Crippen LogP contribution is 2.38. The predicted molar refractivity (Wildman–Crippen MR) is 119 cm³/mol. The molecule has 2 atom stereocenters. The topological polar surface area (TPSA) is 121 Å². The number of hydrogen-bond donors (Lipinski definition) is 3. The minimum Gasteiger partial charge on any atom is -0.504 e. The highest BCUT2D eigenvalue weighted by Gasteiger charge is 2.26. The van der Waals surface area contributed by atoms with E-state index in [-0.39, 0.29) is 33.0 Å². The first kappa shape index (κ1) is 23.0. The van der Waals surface area contributed by atoms with Crippen LogP contribution in [0.25, 0.3) is 0 Å². The van der Waals surface area contributed by atoms with Gasteiger partial charge in [0.1, 0.15) is 22.0 Å². The van der Waals surface area contributed by atoms with Gasteiger partial charge in [0.15, 0.2) is 16.7 Å². The summed E-state index contributed by atoms with van der Waals surface area (Å²) in [6.07, 6.45) is 2.77. The molecule has 9 nitrogen and oxygen atoms in total. The third-order valence-electron chi connectivity index (χ3n) is 4.79. The second-order valence-corrected chi connectivity index (χ2v) is 8.54. The molecule has 166 valence electrons. The predicted octanol–water partition coefficient (Wildman–Crippen LogP) is 2.93. The maximum atomic E-state index is 12.5. The Labute approximate surface area is 185 Å². The smallest absolute Gasteiger partial charge is 0.253 e. The van der Waals surface area contributed by atoms with Crippen LogP contribution in [0.15, 0.2) is 49.4 Å². The molecule has 0 bridgehead atoms. The summed E-state index contributed by atoms with van der Waals surface area (Å²) < 4.78 is 18.9. The standard InChI is InChI=1S/C20H22ClN3O6S/c1-4-11(10-12-6-5-9-30-12)22-15-16(19(27)18(15)26)23-14-8-7-13(21)20(17(14)25)31(28)24(2)29-3/h5-9,11,22-23,25H,4,10H2,1-3H3. The van der Waals surface area contributed by atoms with Crippen LogP contribution < -0.4 is 21.5 Å². The molecule has 0 spiro atoms. The van der Waals surface area contributed by atoms with Crippen LogP contribution in [0.5, 0.6) is 5.75 Å². The number of nitrogens with one attached hydrogen (secondary N) is 2. The first-order valence-corrected chi connectivity index (χ1v) is 10.9. The Hall–Kier alpha value is -2.66. The molecule has 0 amide bonds. The normalized spacial score (nSPS) is 13.5. The fraction of sp³-hybridized carbons (Fsp3) is 0.300. The van der Waals surface area contributed by atoms with Crippen molar-refractivity contribution in [3.05, 3.63) is 61.8 Å². The Kier molecular flexibility index (Phi) is 7.16. The van der Waals surface area contributed by atoms with Crippen molar-refractivity contribution in [1.29, 1.82) is 0 Å². The zero-order valence-electron chi connectivity index (χ0n) is 17.1. The molecule has 0 saturated carbocycles. The molecule has 0 radical (unpaired) electrons. The highest BCUT2D eigenvalue weighted by molar-refractivity contribution is 7.82. The summed E-state index contributed by atoms with van der Waals surface area (Å²) >= 11 is 6.10. The van der Waals surface area contributed by atoms with Gasteiger partial charge in [-0.25, -0.2) is 4.21 Å². The molecule has 0 aliphatic rings. The number of benzene rings is 1. The van der Waals surface area contributed by atoms with E-state index in [1.54, 1.807) is 12.3 Å². The minimum atomic E-state index is -1.92. The van der Waals surface area contributed by atoms with Crippen molar-refractivity contribution >= 4 is 39.6 Å². The summed E-state index contributed by atoms with van der Waals surface area (Å²) in [5.41, 5.74) is -1.17. The molecule has 0 aliphatic carbocycles. The summed E-state index contributed by atoms with van der Waals surface area (Å²) in [6.45, 7) is 1.94. The second kappa shape index (κ2) is 9.65. The number of rotatable bonds is 10. The maximum absolute atomic E-state index is 12.5. The number of nitrogens with zero attached hydrogens (tertiary/aromatic N) is 1. The molecule has 3 rings (SSSR count). The minimum absolute atomic E-state index is 0.0114. The number of halogens is 1. The summed E-state index contributed by atoms with van der Waals surface area (Å²) in [4.78, 5) is 29.2. The molecule has 1 aromatic heterocycles. The number of phenols is 1. The van der Waals surface area contributed by atoms with Gasteiger partial charge in [0, 0.05) is 19.5 Å². The zero-order chi connectivity index (χ0) is 22.7. The molecular weight excluding hydrogens is 446 g/mol. The Morgan fingerprint density at radius 2 is 1.97 bits per heavy atom. The van der Waals surface area contributed by atoms with Crippen LogP contribution >= 0.6 is 11.6 Å². The summed E-state index contributed by atoms with van der Waals surface area (Å²) in [5.74, 6) is 0.327. The van der Waals surface area contributed by atoms with Crippen molar-refractivity contribution in [1.82, 2.24) is 4.47 Å². The third-order valence-corrected chi connectivity index (χ3v) is 6.59. The largest absolute Gasteiger partial charge is 0.504 e. The van der Waals surface area contributed by atoms with Gasteiger partial charge < -0.3 is 20.2 Å². The Morgan fingerprint density at radius 1 is 1.26 bits per heavy atom. The Bertz CT molecular complexity index is 1160. The van der Waals surface area contributed by atoms with E-state index >= 15 is 0 Å². The molecule has 31 heavy (non-hydrogen) atoms. The van der Waals surface area contributed by atoms with Crippen molar-refractivity contribution in [2.24, 2.45) is 0 Å². The molecule has 11 heteroatoms. The van der Waals surface area contributed by atoms with Gasteiger partial charge in [0.25, 0.3) is 10.9 Å². The lowest BCUT2D eigenvalue weighted by Gasteiger charge is -2.22. The van der Waals surface area contributed by atoms with Gasteiger partial charge in [0.2, 0.25) is 0 Å². The van der Waals surface area contributed by atoms with Gasteiger partial charge in [-0.3, -0.25) is 14.4 Å². The fourth-order valence-electron chi connectivity index (χ4n) is 2.97. The first-order valence-electron chi connectivity index (χ1n) is 9.38. The van der Waals surface area contributed by atoms with Crippen LogP contribution in [0.3, 0.4) is 0 Å². The van der Waals surface area contributed by atoms with Crippen LogP contribution in [0.1, 0.15) is 19.1 Å². The van der Waals surface area contributed by atoms with Crippen molar-refractivity contribution in [3.8, 4) is 5.75 Å². The molecule has 0 saturated heterocycles. The lowest BCUT2D eigenvalue weighted by atomic mass is 10.1. The second-order valence-electron chi connectivity index (χ2n) is 6.71. The van der Waals surface area contributed by atoms with Crippen molar-refractivity contribution in [2.45, 2.75) is 30.7 Å². The van der Waals surface area contributed by atoms with Gasteiger partial charge in [0.05, 0.1) is 24.1 Å². The quantitative estimate of drug-likeness (QED) is 0.236. The molecule has 1 heterocycles. The monoisotopic (exact) mass is 467 g/mol. The van der Waals surface area contributed by atoms with Gasteiger partial charge in [-0.1, -0.05) is 18.5 Å². The molecule has 0 fully saturated rings. The van der Waals surface area contributed by atoms with Gasteiger partial charge in [-0.05, 0) is 30.7 Å². The summed E-state index contributed by atoms with van der Waals surface area (Å²) in [7, 11) is 0.811. The van der Waals surface area contributed by atoms with Crippen molar-refractivity contribution in [3.63, 3.8) is 0 Å². The van der Waals surface area contributed by atoms with Crippen LogP contribution in [0, 0.1) is 0 Å². The highest BCUT2D eigenvalue weighted by atomic mass is 35.5. The SMILES string of the molecule is CCC(Cc1ccco1)Nc1c(Nc2ccc(Cl)c(S(=O)N(C)OC)c2O)c(=O)c1=O. The zero-order valence-corrected chi connectivity index (χ0v) is 18.7. The molecule has 2 aromatic carbocycles. The number of hydrogen-bond acceptors (Lipinski definition) is 8. The molecular formula is C20H22ClN3O6S. The van der Waals surface area contributed by atoms with Crippen LogP contribution in [-0.4, -0.2) is 34.0 Å². The molecule has 2 unspecified atom stereocenters. The van der Waals surface area contributed by atoms with Crippen LogP contribution in [0.2, 0.25) is 5.02 Å². The van der Waals surface area contributed by atoms with E-state index in [1.165, 1.54) is 26.3 Å². The van der Waals surface area contributed by atoms with E-state index in [2.05, 4.69) is 10.6 Å². The van der Waals surface area contributed by atoms with E-state index in [0.717, 1.165) is 10.2 Å². The number of phenolic OH excluding ortho intramolecular Hbond substituents is 1. The van der Waals surface area contributed by atoms with E-state index in [1.807, 2.05) is 13.0 Å². The molecule has 0 aliphatic heterocycles. The van der Waals surface area contributed by atoms with E-state index < -0.39 is 27.6 Å². The number of aromatic hydroxyl groups is 1. The fourth-order valence-corrected chi connectivity index (χ4v) is 4.22. The Morgan fingerprint density at radius 3 is 2.58 bits per heavy atom. The first-order chi connectivity index (χ1) is 14.8. The van der Waals surface area contributed by atoms with Crippen molar-refractivity contribution in [2.75, 3.05) is 24.8 Å². The van der Waals surface area contributed by atoms with E-state index in [0.29, 0.717) is 12.8 Å².